The maximum atomic E-state index is 13.2. The molecule has 7 heteroatoms. The number of carbonyl (C=O) groups is 1. The van der Waals surface area contributed by atoms with Gasteiger partial charge in [-0.05, 0) is 42.5 Å². The summed E-state index contributed by atoms with van der Waals surface area (Å²) in [7, 11) is 3.98. The van der Waals surface area contributed by atoms with E-state index in [2.05, 4.69) is 10.6 Å². The Kier molecular flexibility index (Phi) is 4.99. The molecule has 2 N–H and O–H groups in total. The summed E-state index contributed by atoms with van der Waals surface area (Å²) in [5.41, 5.74) is 3.85. The van der Waals surface area contributed by atoms with E-state index in [9.17, 15) is 4.79 Å². The molecule has 0 saturated carbocycles. The predicted octanol–water partition coefficient (Wildman–Crippen LogP) is 5.03. The molecule has 1 amide bonds. The van der Waals surface area contributed by atoms with Crippen LogP contribution >= 0.6 is 0 Å². The first-order valence-electron chi connectivity index (χ1n) is 10.2. The number of hydrogen-bond donors (Lipinski definition) is 2. The molecule has 7 nitrogen and oxygen atoms in total. The van der Waals surface area contributed by atoms with Crippen LogP contribution in [0.3, 0.4) is 0 Å². The van der Waals surface area contributed by atoms with Gasteiger partial charge in [-0.25, -0.2) is 4.98 Å². The molecule has 1 aliphatic rings. The number of nitrogens with one attached hydrogen (secondary N) is 2. The number of benzene rings is 3. The average molecular weight is 426 g/mol. The highest BCUT2D eigenvalue weighted by atomic mass is 16.7. The van der Waals surface area contributed by atoms with Gasteiger partial charge in [0.25, 0.3) is 5.91 Å². The Hall–Kier alpha value is -4.26. The molecule has 0 spiro atoms. The highest BCUT2D eigenvalue weighted by Gasteiger charge is 2.17. The number of rotatable bonds is 5. The summed E-state index contributed by atoms with van der Waals surface area (Å²) < 4.78 is 10.8. The average Bonchev–Trinajstić information content (AvgIpc) is 3.26. The van der Waals surface area contributed by atoms with Gasteiger partial charge in [0.05, 0.1) is 11.1 Å². The summed E-state index contributed by atoms with van der Waals surface area (Å²) in [6, 6.07) is 22.7. The molecule has 0 radical (unpaired) electrons. The lowest BCUT2D eigenvalue weighted by Crippen LogP contribution is -2.13. The van der Waals surface area contributed by atoms with Crippen LogP contribution in [0.2, 0.25) is 0 Å². The van der Waals surface area contributed by atoms with Gasteiger partial charge in [-0.3, -0.25) is 4.79 Å². The number of amides is 1. The van der Waals surface area contributed by atoms with Gasteiger partial charge in [0.15, 0.2) is 11.5 Å². The number of para-hydroxylation sites is 1. The van der Waals surface area contributed by atoms with Gasteiger partial charge in [0, 0.05) is 42.6 Å². The molecule has 0 unspecified atom stereocenters. The van der Waals surface area contributed by atoms with Gasteiger partial charge >= 0.3 is 0 Å². The van der Waals surface area contributed by atoms with Crippen LogP contribution in [-0.2, 0) is 0 Å². The molecule has 3 aromatic carbocycles. The lowest BCUT2D eigenvalue weighted by atomic mass is 10.1. The van der Waals surface area contributed by atoms with Crippen LogP contribution in [0.15, 0.2) is 72.8 Å². The maximum Gasteiger partial charge on any atom is 0.256 e. The van der Waals surface area contributed by atoms with Crippen LogP contribution in [0, 0.1) is 0 Å². The van der Waals surface area contributed by atoms with Crippen LogP contribution in [0.1, 0.15) is 10.4 Å². The predicted molar refractivity (Wildman–Crippen MR) is 126 cm³/mol. The van der Waals surface area contributed by atoms with Crippen molar-refractivity contribution < 1.29 is 14.3 Å². The molecule has 160 valence electrons. The summed E-state index contributed by atoms with van der Waals surface area (Å²) in [5.74, 6) is 1.65. The molecular formula is C25H22N4O3. The molecule has 4 aromatic rings. The SMILES string of the molecule is CN(C)c1cccc(Nc2cc(C(=O)Nc3ccc4c(c3)OCO4)c3ccccc3n2)c1. The van der Waals surface area contributed by atoms with Gasteiger partial charge in [-0.15, -0.1) is 0 Å². The molecule has 32 heavy (non-hydrogen) atoms. The zero-order valence-electron chi connectivity index (χ0n) is 17.8. The summed E-state index contributed by atoms with van der Waals surface area (Å²) in [5, 5.41) is 7.06. The number of hydrogen-bond acceptors (Lipinski definition) is 6. The molecule has 0 bridgehead atoms. The number of ether oxygens (including phenoxy) is 2. The molecule has 0 fully saturated rings. The second-order valence-corrected chi connectivity index (χ2v) is 7.66. The topological polar surface area (TPSA) is 75.7 Å². The van der Waals surface area contributed by atoms with E-state index in [1.165, 1.54) is 0 Å². The van der Waals surface area contributed by atoms with E-state index in [1.54, 1.807) is 24.3 Å². The highest BCUT2D eigenvalue weighted by molar-refractivity contribution is 6.13. The Balaban J connectivity index is 1.48. The number of carbonyl (C=O) groups excluding carboxylic acids is 1. The van der Waals surface area contributed by atoms with Crippen molar-refractivity contribution in [3.8, 4) is 11.5 Å². The van der Waals surface area contributed by atoms with E-state index in [4.69, 9.17) is 14.5 Å². The van der Waals surface area contributed by atoms with Gasteiger partial charge in [0.1, 0.15) is 5.82 Å². The van der Waals surface area contributed by atoms with Crippen molar-refractivity contribution in [1.82, 2.24) is 4.98 Å². The lowest BCUT2D eigenvalue weighted by Gasteiger charge is -2.15. The number of nitrogens with zero attached hydrogens (tertiary/aromatic N) is 2. The van der Waals surface area contributed by atoms with E-state index in [-0.39, 0.29) is 12.7 Å². The van der Waals surface area contributed by atoms with Crippen LogP contribution in [0.5, 0.6) is 11.5 Å². The number of pyridine rings is 1. The second-order valence-electron chi connectivity index (χ2n) is 7.66. The zero-order valence-corrected chi connectivity index (χ0v) is 17.8. The minimum absolute atomic E-state index is 0.186. The normalized spacial score (nSPS) is 11.9. The smallest absolute Gasteiger partial charge is 0.256 e. The fourth-order valence-electron chi connectivity index (χ4n) is 3.61. The molecule has 1 aromatic heterocycles. The zero-order chi connectivity index (χ0) is 22.1. The first-order valence-corrected chi connectivity index (χ1v) is 10.2. The Morgan fingerprint density at radius 3 is 2.62 bits per heavy atom. The van der Waals surface area contributed by atoms with Crippen molar-refractivity contribution in [2.24, 2.45) is 0 Å². The molecule has 0 aliphatic carbocycles. The summed E-state index contributed by atoms with van der Waals surface area (Å²) >= 11 is 0. The highest BCUT2D eigenvalue weighted by Crippen LogP contribution is 2.34. The minimum Gasteiger partial charge on any atom is -0.454 e. The Morgan fingerprint density at radius 1 is 0.906 bits per heavy atom. The van der Waals surface area contributed by atoms with Crippen LogP contribution in [0.25, 0.3) is 10.9 Å². The minimum atomic E-state index is -0.229. The second kappa shape index (κ2) is 8.11. The van der Waals surface area contributed by atoms with Gasteiger partial charge in [0.2, 0.25) is 6.79 Å². The summed E-state index contributed by atoms with van der Waals surface area (Å²) in [4.78, 5) is 20.0. The van der Waals surface area contributed by atoms with E-state index in [0.29, 0.717) is 28.6 Å². The molecule has 5 rings (SSSR count). The van der Waals surface area contributed by atoms with Gasteiger partial charge in [-0.2, -0.15) is 0 Å². The Labute approximate surface area is 185 Å². The lowest BCUT2D eigenvalue weighted by molar-refractivity contribution is 0.102. The van der Waals surface area contributed by atoms with E-state index in [0.717, 1.165) is 22.3 Å². The van der Waals surface area contributed by atoms with Crippen molar-refractivity contribution in [2.75, 3.05) is 36.4 Å². The van der Waals surface area contributed by atoms with Crippen molar-refractivity contribution in [2.45, 2.75) is 0 Å². The quantitative estimate of drug-likeness (QED) is 0.466. The third-order valence-corrected chi connectivity index (χ3v) is 5.23. The van der Waals surface area contributed by atoms with Crippen molar-refractivity contribution in [1.29, 1.82) is 0 Å². The number of fused-ring (bicyclic) bond motifs is 2. The molecule has 0 saturated heterocycles. The van der Waals surface area contributed by atoms with E-state index < -0.39 is 0 Å². The van der Waals surface area contributed by atoms with Crippen LogP contribution in [0.4, 0.5) is 22.9 Å². The standard InChI is InChI=1S/C25H22N4O3/c1-29(2)18-7-5-6-16(12-18)26-24-14-20(19-8-3-4-9-21(19)28-24)25(30)27-17-10-11-22-23(13-17)32-15-31-22/h3-14H,15H2,1-2H3,(H,26,28)(H,27,30). The Morgan fingerprint density at radius 2 is 1.75 bits per heavy atom. The number of anilines is 4. The molecular weight excluding hydrogens is 404 g/mol. The third-order valence-electron chi connectivity index (χ3n) is 5.23. The summed E-state index contributed by atoms with van der Waals surface area (Å²) in [6.07, 6.45) is 0. The third kappa shape index (κ3) is 3.88. The van der Waals surface area contributed by atoms with E-state index in [1.807, 2.05) is 67.5 Å². The maximum absolute atomic E-state index is 13.2. The van der Waals surface area contributed by atoms with Gasteiger partial charge < -0.3 is 25.0 Å². The first-order chi connectivity index (χ1) is 15.6. The van der Waals surface area contributed by atoms with Gasteiger partial charge in [-0.1, -0.05) is 24.3 Å². The van der Waals surface area contributed by atoms with Crippen LogP contribution in [-0.4, -0.2) is 31.8 Å². The summed E-state index contributed by atoms with van der Waals surface area (Å²) in [6.45, 7) is 0.186. The van der Waals surface area contributed by atoms with Crippen molar-refractivity contribution in [3.63, 3.8) is 0 Å². The Bertz CT molecular complexity index is 1320. The number of aromatic nitrogens is 1. The largest absolute Gasteiger partial charge is 0.454 e. The van der Waals surface area contributed by atoms with Crippen molar-refractivity contribution in [3.05, 3.63) is 78.4 Å². The monoisotopic (exact) mass is 426 g/mol. The molecule has 1 aliphatic heterocycles. The fraction of sp³-hybridized carbons (Fsp3) is 0.120. The molecule has 0 atom stereocenters. The van der Waals surface area contributed by atoms with Crippen molar-refractivity contribution >= 4 is 39.7 Å². The van der Waals surface area contributed by atoms with Crippen LogP contribution < -0.4 is 25.0 Å². The molecule has 2 heterocycles. The van der Waals surface area contributed by atoms with E-state index >= 15 is 0 Å². The fourth-order valence-corrected chi connectivity index (χ4v) is 3.61. The first kappa shape index (κ1) is 19.7.